The molecule has 0 aliphatic carbocycles. The third kappa shape index (κ3) is 6.29. The molecule has 8 heteroatoms. The zero-order valence-corrected chi connectivity index (χ0v) is 18.5. The first-order chi connectivity index (χ1) is 15.0. The lowest BCUT2D eigenvalue weighted by molar-refractivity contribution is 0.180. The minimum absolute atomic E-state index is 0.329. The van der Waals surface area contributed by atoms with Crippen LogP contribution in [0.5, 0.6) is 5.75 Å². The number of hydrogen-bond donors (Lipinski definition) is 3. The van der Waals surface area contributed by atoms with E-state index in [2.05, 4.69) is 25.8 Å². The maximum atomic E-state index is 10.6. The molecule has 8 nitrogen and oxygen atoms in total. The summed E-state index contributed by atoms with van der Waals surface area (Å²) in [5, 5.41) is 25.4. The third-order valence-electron chi connectivity index (χ3n) is 5.07. The summed E-state index contributed by atoms with van der Waals surface area (Å²) >= 11 is 0. The minimum atomic E-state index is -0.648. The number of rotatable bonds is 8. The number of aliphatic hydroxyl groups is 1. The van der Waals surface area contributed by atoms with Crippen LogP contribution in [0.4, 0.5) is 0 Å². The van der Waals surface area contributed by atoms with Crippen LogP contribution in [0.15, 0.2) is 53.5 Å². The van der Waals surface area contributed by atoms with Gasteiger partial charge in [-0.15, -0.1) is 10.2 Å². The van der Waals surface area contributed by atoms with Gasteiger partial charge in [-0.2, -0.15) is 0 Å². The van der Waals surface area contributed by atoms with Crippen molar-refractivity contribution in [1.29, 1.82) is 0 Å². The minimum Gasteiger partial charge on any atom is -0.497 e. The number of aliphatic hydroxyl groups excluding tert-OH is 1. The molecule has 1 aromatic heterocycles. The monoisotopic (exact) mass is 422 g/mol. The SMILES string of the molecule is COc1ccc(CN=C(NCc2nnc(C)n2C)NCC(O)c2cccc(C)c2)cc1. The van der Waals surface area contributed by atoms with Crippen molar-refractivity contribution in [3.8, 4) is 5.75 Å². The van der Waals surface area contributed by atoms with Gasteiger partial charge >= 0.3 is 0 Å². The number of benzene rings is 2. The Morgan fingerprint density at radius 2 is 1.90 bits per heavy atom. The van der Waals surface area contributed by atoms with E-state index in [1.165, 1.54) is 0 Å². The van der Waals surface area contributed by atoms with Crippen molar-refractivity contribution in [2.24, 2.45) is 12.0 Å². The second-order valence-corrected chi connectivity index (χ2v) is 7.40. The Morgan fingerprint density at radius 1 is 1.13 bits per heavy atom. The molecule has 0 aliphatic rings. The predicted molar refractivity (Wildman–Crippen MR) is 121 cm³/mol. The van der Waals surface area contributed by atoms with Crippen LogP contribution < -0.4 is 15.4 Å². The van der Waals surface area contributed by atoms with Gasteiger partial charge in [0, 0.05) is 13.6 Å². The van der Waals surface area contributed by atoms with Gasteiger partial charge in [-0.3, -0.25) is 0 Å². The van der Waals surface area contributed by atoms with Crippen LogP contribution in [0, 0.1) is 13.8 Å². The largest absolute Gasteiger partial charge is 0.497 e. The van der Waals surface area contributed by atoms with Gasteiger partial charge in [0.25, 0.3) is 0 Å². The fourth-order valence-corrected chi connectivity index (χ4v) is 3.03. The fraction of sp³-hybridized carbons (Fsp3) is 0.348. The van der Waals surface area contributed by atoms with E-state index < -0.39 is 6.10 Å². The molecule has 3 aromatic rings. The van der Waals surface area contributed by atoms with E-state index in [4.69, 9.17) is 4.74 Å². The van der Waals surface area contributed by atoms with Crippen molar-refractivity contribution >= 4 is 5.96 Å². The molecule has 1 heterocycles. The molecule has 0 fully saturated rings. The van der Waals surface area contributed by atoms with Gasteiger partial charge in [-0.05, 0) is 37.1 Å². The van der Waals surface area contributed by atoms with Crippen molar-refractivity contribution in [1.82, 2.24) is 25.4 Å². The van der Waals surface area contributed by atoms with Gasteiger partial charge in [0.2, 0.25) is 0 Å². The number of ether oxygens (including phenoxy) is 1. The second-order valence-electron chi connectivity index (χ2n) is 7.40. The number of aryl methyl sites for hydroxylation is 2. The van der Waals surface area contributed by atoms with Gasteiger partial charge < -0.3 is 25.0 Å². The molecule has 0 aliphatic heterocycles. The van der Waals surface area contributed by atoms with Crippen LogP contribution in [0.2, 0.25) is 0 Å². The Bertz CT molecular complexity index is 1010. The van der Waals surface area contributed by atoms with E-state index in [1.54, 1.807) is 7.11 Å². The van der Waals surface area contributed by atoms with E-state index >= 15 is 0 Å². The molecule has 3 N–H and O–H groups in total. The molecule has 0 radical (unpaired) electrons. The van der Waals surface area contributed by atoms with E-state index in [-0.39, 0.29) is 0 Å². The molecule has 31 heavy (non-hydrogen) atoms. The summed E-state index contributed by atoms with van der Waals surface area (Å²) in [5.74, 6) is 3.04. The van der Waals surface area contributed by atoms with Gasteiger partial charge in [0.15, 0.2) is 11.8 Å². The van der Waals surface area contributed by atoms with Crippen molar-refractivity contribution in [3.63, 3.8) is 0 Å². The average Bonchev–Trinajstić information content (AvgIpc) is 3.11. The summed E-state index contributed by atoms with van der Waals surface area (Å²) in [6.07, 6.45) is -0.648. The van der Waals surface area contributed by atoms with Crippen LogP contribution in [-0.2, 0) is 20.1 Å². The predicted octanol–water partition coefficient (Wildman–Crippen LogP) is 2.41. The average molecular weight is 423 g/mol. The number of aromatic nitrogens is 3. The Labute approximate surface area is 183 Å². The number of hydrogen-bond acceptors (Lipinski definition) is 5. The maximum Gasteiger partial charge on any atom is 0.192 e. The number of nitrogens with zero attached hydrogens (tertiary/aromatic N) is 4. The Hall–Kier alpha value is -3.39. The lowest BCUT2D eigenvalue weighted by atomic mass is 10.1. The first-order valence-corrected chi connectivity index (χ1v) is 10.2. The molecule has 0 amide bonds. The molecular weight excluding hydrogens is 392 g/mol. The van der Waals surface area contributed by atoms with Gasteiger partial charge in [-0.25, -0.2) is 4.99 Å². The lowest BCUT2D eigenvalue weighted by Crippen LogP contribution is -2.39. The molecule has 0 spiro atoms. The normalized spacial score (nSPS) is 12.5. The van der Waals surface area contributed by atoms with E-state index in [0.29, 0.717) is 25.6 Å². The first kappa shape index (κ1) is 22.3. The molecule has 1 atom stereocenters. The van der Waals surface area contributed by atoms with Crippen LogP contribution in [0.25, 0.3) is 0 Å². The molecule has 3 rings (SSSR count). The maximum absolute atomic E-state index is 10.6. The van der Waals surface area contributed by atoms with Gasteiger partial charge in [-0.1, -0.05) is 42.0 Å². The highest BCUT2D eigenvalue weighted by Crippen LogP contribution is 2.14. The molecule has 0 saturated carbocycles. The standard InChI is InChI=1S/C23H30N6O2/c1-16-6-5-7-19(12-16)21(30)14-25-23(26-15-22-28-27-17(2)29(22)3)24-13-18-8-10-20(31-4)11-9-18/h5-12,21,30H,13-15H2,1-4H3,(H2,24,25,26). The molecule has 0 bridgehead atoms. The second kappa shape index (κ2) is 10.6. The number of methoxy groups -OCH3 is 1. The number of nitrogens with one attached hydrogen (secondary N) is 2. The highest BCUT2D eigenvalue weighted by Gasteiger charge is 2.10. The molecule has 164 valence electrons. The molecule has 0 saturated heterocycles. The summed E-state index contributed by atoms with van der Waals surface area (Å²) in [6, 6.07) is 15.6. The summed E-state index contributed by atoms with van der Waals surface area (Å²) in [6.45, 7) is 5.20. The van der Waals surface area contributed by atoms with Crippen molar-refractivity contribution in [2.75, 3.05) is 13.7 Å². The summed E-state index contributed by atoms with van der Waals surface area (Å²) in [5.41, 5.74) is 3.03. The summed E-state index contributed by atoms with van der Waals surface area (Å²) in [7, 11) is 3.57. The smallest absolute Gasteiger partial charge is 0.192 e. The lowest BCUT2D eigenvalue weighted by Gasteiger charge is -2.16. The zero-order valence-electron chi connectivity index (χ0n) is 18.5. The van der Waals surface area contributed by atoms with Crippen LogP contribution >= 0.6 is 0 Å². The Balaban J connectivity index is 1.68. The van der Waals surface area contributed by atoms with E-state index in [1.807, 2.05) is 74.0 Å². The van der Waals surface area contributed by atoms with Crippen LogP contribution in [-0.4, -0.2) is 39.5 Å². The quantitative estimate of drug-likeness (QED) is 0.381. The molecule has 1 unspecified atom stereocenters. The molecular formula is C23H30N6O2. The van der Waals surface area contributed by atoms with Crippen molar-refractivity contribution < 1.29 is 9.84 Å². The highest BCUT2D eigenvalue weighted by atomic mass is 16.5. The van der Waals surface area contributed by atoms with Crippen molar-refractivity contribution in [2.45, 2.75) is 33.0 Å². The Morgan fingerprint density at radius 3 is 2.55 bits per heavy atom. The summed E-state index contributed by atoms with van der Waals surface area (Å²) < 4.78 is 7.13. The van der Waals surface area contributed by atoms with Crippen LogP contribution in [0.3, 0.4) is 0 Å². The van der Waals surface area contributed by atoms with Crippen molar-refractivity contribution in [3.05, 3.63) is 76.9 Å². The van der Waals surface area contributed by atoms with Gasteiger partial charge in [0.05, 0.1) is 26.3 Å². The third-order valence-corrected chi connectivity index (χ3v) is 5.07. The zero-order chi connectivity index (χ0) is 22.2. The van der Waals surface area contributed by atoms with Gasteiger partial charge in [0.1, 0.15) is 11.6 Å². The molecule has 2 aromatic carbocycles. The highest BCUT2D eigenvalue weighted by molar-refractivity contribution is 5.79. The Kier molecular flexibility index (Phi) is 7.61. The fourth-order valence-electron chi connectivity index (χ4n) is 3.03. The number of aliphatic imine (C=N–C) groups is 1. The summed E-state index contributed by atoms with van der Waals surface area (Å²) in [4.78, 5) is 4.67. The van der Waals surface area contributed by atoms with E-state index in [9.17, 15) is 5.11 Å². The van der Waals surface area contributed by atoms with E-state index in [0.717, 1.165) is 34.1 Å². The first-order valence-electron chi connectivity index (χ1n) is 10.2. The topological polar surface area (TPSA) is 96.6 Å². The number of guanidine groups is 1. The van der Waals surface area contributed by atoms with Crippen LogP contribution in [0.1, 0.15) is 34.4 Å².